The Kier molecular flexibility index (Phi) is 6.87. The van der Waals surface area contributed by atoms with Gasteiger partial charge in [0.2, 0.25) is 0 Å². The van der Waals surface area contributed by atoms with E-state index in [1.54, 1.807) is 16.7 Å². The Balaban J connectivity index is 1.40. The van der Waals surface area contributed by atoms with E-state index in [0.29, 0.717) is 56.4 Å². The lowest BCUT2D eigenvalue weighted by Crippen LogP contribution is -2.54. The van der Waals surface area contributed by atoms with Crippen LogP contribution in [0, 0.1) is 5.41 Å². The van der Waals surface area contributed by atoms with Crippen LogP contribution in [0.2, 0.25) is 0 Å². The summed E-state index contributed by atoms with van der Waals surface area (Å²) in [5.74, 6) is -0.716. The normalized spacial score (nSPS) is 20.5. The highest BCUT2D eigenvalue weighted by Crippen LogP contribution is 2.38. The van der Waals surface area contributed by atoms with E-state index in [0.717, 1.165) is 23.8 Å². The fourth-order valence-corrected chi connectivity index (χ4v) is 5.59. The van der Waals surface area contributed by atoms with Gasteiger partial charge in [-0.2, -0.15) is 0 Å². The molecule has 186 valence electrons. The number of imidazole rings is 1. The van der Waals surface area contributed by atoms with Gasteiger partial charge in [0.25, 0.3) is 0 Å². The number of rotatable bonds is 6. The van der Waals surface area contributed by atoms with Crippen molar-refractivity contribution >= 4 is 23.0 Å². The van der Waals surface area contributed by atoms with Gasteiger partial charge in [-0.25, -0.2) is 14.2 Å². The number of carboxylic acids is 1. The number of benzene rings is 1. The predicted octanol–water partition coefficient (Wildman–Crippen LogP) is 2.80. The van der Waals surface area contributed by atoms with Gasteiger partial charge in [0.1, 0.15) is 0 Å². The maximum absolute atomic E-state index is 13.0. The molecule has 1 aromatic heterocycles. The summed E-state index contributed by atoms with van der Waals surface area (Å²) >= 11 is 0. The molecule has 0 atom stereocenters. The Morgan fingerprint density at radius 2 is 1.65 bits per heavy atom. The quantitative estimate of drug-likeness (QED) is 0.595. The van der Waals surface area contributed by atoms with Crippen LogP contribution in [0.3, 0.4) is 0 Å². The topological polar surface area (TPSA) is 117 Å². The van der Waals surface area contributed by atoms with Crippen molar-refractivity contribution in [3.8, 4) is 0 Å². The largest absolute Gasteiger partial charge is 0.481 e. The minimum absolute atomic E-state index is 0.0391. The first-order valence-corrected chi connectivity index (χ1v) is 12.3. The van der Waals surface area contributed by atoms with E-state index in [-0.39, 0.29) is 12.6 Å². The Labute approximate surface area is 199 Å². The van der Waals surface area contributed by atoms with E-state index in [1.807, 2.05) is 26.0 Å². The molecule has 0 unspecified atom stereocenters. The SMILES string of the molecule is CC(C)n1c(=O)n(C(=O)NCC2(O)CCN(CC3(C(=O)O)CCCCC3)CC2)c2ccccc21. The average Bonchev–Trinajstić information content (AvgIpc) is 3.12. The second kappa shape index (κ2) is 9.54. The minimum atomic E-state index is -1.09. The maximum Gasteiger partial charge on any atom is 0.337 e. The number of nitrogens with zero attached hydrogens (tertiary/aromatic N) is 3. The molecule has 0 spiro atoms. The number of carboxylic acid groups (broad SMARTS) is 1. The molecule has 2 aliphatic rings. The number of amides is 1. The van der Waals surface area contributed by atoms with Gasteiger partial charge in [0, 0.05) is 32.2 Å². The summed E-state index contributed by atoms with van der Waals surface area (Å²) in [4.78, 5) is 40.1. The molecule has 1 aliphatic carbocycles. The Hall–Kier alpha value is -2.65. The second-order valence-electron chi connectivity index (χ2n) is 10.4. The summed E-state index contributed by atoms with van der Waals surface area (Å²) in [5.41, 5.74) is -0.947. The summed E-state index contributed by atoms with van der Waals surface area (Å²) in [7, 11) is 0. The highest BCUT2D eigenvalue weighted by Gasteiger charge is 2.43. The van der Waals surface area contributed by atoms with Crippen molar-refractivity contribution in [2.45, 2.75) is 70.4 Å². The fraction of sp³-hybridized carbons (Fsp3) is 0.640. The third-order valence-corrected chi connectivity index (χ3v) is 7.65. The van der Waals surface area contributed by atoms with Crippen LogP contribution in [0.15, 0.2) is 29.1 Å². The molecule has 0 bridgehead atoms. The number of fused-ring (bicyclic) bond motifs is 1. The molecule has 1 aliphatic heterocycles. The summed E-state index contributed by atoms with van der Waals surface area (Å²) in [6.07, 6.45) is 5.27. The van der Waals surface area contributed by atoms with Gasteiger partial charge < -0.3 is 20.4 Å². The third kappa shape index (κ3) is 4.63. The van der Waals surface area contributed by atoms with Crippen molar-refractivity contribution in [2.24, 2.45) is 5.41 Å². The van der Waals surface area contributed by atoms with Gasteiger partial charge in [-0.1, -0.05) is 31.4 Å². The van der Waals surface area contributed by atoms with Crippen molar-refractivity contribution in [2.75, 3.05) is 26.2 Å². The molecule has 3 N–H and O–H groups in total. The smallest absolute Gasteiger partial charge is 0.337 e. The molecule has 1 amide bonds. The van der Waals surface area contributed by atoms with Crippen LogP contribution in [-0.4, -0.2) is 68.0 Å². The molecule has 2 aromatic rings. The standard InChI is InChI=1S/C25H36N4O5/c1-18(2)28-19-8-4-5-9-20(19)29(23(28)33)22(32)26-16-25(34)12-14-27(15-13-25)17-24(21(30)31)10-6-3-7-11-24/h4-5,8-9,18,34H,3,6-7,10-17H2,1-2H3,(H,26,32)(H,30,31). The molecule has 2 heterocycles. The molecule has 34 heavy (non-hydrogen) atoms. The van der Waals surface area contributed by atoms with Crippen LogP contribution in [0.1, 0.15) is 64.8 Å². The van der Waals surface area contributed by atoms with Gasteiger partial charge in [0.15, 0.2) is 0 Å². The number of aromatic nitrogens is 2. The first kappa shape index (κ1) is 24.5. The van der Waals surface area contributed by atoms with Crippen LogP contribution in [0.5, 0.6) is 0 Å². The molecule has 1 saturated heterocycles. The number of hydrogen-bond acceptors (Lipinski definition) is 5. The Morgan fingerprint density at radius 3 is 2.24 bits per heavy atom. The van der Waals surface area contributed by atoms with E-state index < -0.39 is 28.7 Å². The number of aliphatic carboxylic acids is 1. The number of hydrogen-bond donors (Lipinski definition) is 3. The third-order valence-electron chi connectivity index (χ3n) is 7.65. The van der Waals surface area contributed by atoms with Crippen molar-refractivity contribution < 1.29 is 19.8 Å². The zero-order valence-corrected chi connectivity index (χ0v) is 20.1. The van der Waals surface area contributed by atoms with Gasteiger partial charge in [-0.15, -0.1) is 0 Å². The van der Waals surface area contributed by atoms with E-state index >= 15 is 0 Å². The Bertz CT molecular complexity index is 1100. The van der Waals surface area contributed by atoms with Crippen molar-refractivity contribution in [3.05, 3.63) is 34.7 Å². The zero-order chi connectivity index (χ0) is 24.5. The van der Waals surface area contributed by atoms with Crippen LogP contribution in [0.4, 0.5) is 4.79 Å². The molecule has 1 saturated carbocycles. The predicted molar refractivity (Wildman–Crippen MR) is 129 cm³/mol. The second-order valence-corrected chi connectivity index (χ2v) is 10.4. The summed E-state index contributed by atoms with van der Waals surface area (Å²) in [5, 5.41) is 23.7. The molecular weight excluding hydrogens is 436 g/mol. The molecule has 2 fully saturated rings. The van der Waals surface area contributed by atoms with E-state index in [2.05, 4.69) is 10.2 Å². The Morgan fingerprint density at radius 1 is 1.03 bits per heavy atom. The van der Waals surface area contributed by atoms with Gasteiger partial charge >= 0.3 is 17.7 Å². The lowest BCUT2D eigenvalue weighted by atomic mass is 9.73. The highest BCUT2D eigenvalue weighted by atomic mass is 16.4. The summed E-state index contributed by atoms with van der Waals surface area (Å²) in [6, 6.07) is 6.53. The number of aliphatic hydroxyl groups is 1. The molecule has 4 rings (SSSR count). The maximum atomic E-state index is 13.0. The number of carbonyl (C=O) groups is 2. The molecule has 9 nitrogen and oxygen atoms in total. The van der Waals surface area contributed by atoms with Crippen LogP contribution < -0.4 is 11.0 Å². The summed E-state index contributed by atoms with van der Waals surface area (Å²) in [6.45, 7) is 5.50. The van der Waals surface area contributed by atoms with E-state index in [4.69, 9.17) is 0 Å². The highest BCUT2D eigenvalue weighted by molar-refractivity contribution is 5.89. The van der Waals surface area contributed by atoms with Crippen molar-refractivity contribution in [1.82, 2.24) is 19.4 Å². The number of carbonyl (C=O) groups excluding carboxylic acids is 1. The first-order valence-electron chi connectivity index (χ1n) is 12.3. The molecule has 0 radical (unpaired) electrons. The van der Waals surface area contributed by atoms with Crippen molar-refractivity contribution in [3.63, 3.8) is 0 Å². The van der Waals surface area contributed by atoms with E-state index in [1.165, 1.54) is 0 Å². The number of para-hydroxylation sites is 2. The molecule has 9 heteroatoms. The minimum Gasteiger partial charge on any atom is -0.481 e. The first-order chi connectivity index (χ1) is 16.2. The molecule has 1 aromatic carbocycles. The number of piperidine rings is 1. The van der Waals surface area contributed by atoms with Crippen LogP contribution in [-0.2, 0) is 4.79 Å². The van der Waals surface area contributed by atoms with Gasteiger partial charge in [0.05, 0.1) is 22.0 Å². The van der Waals surface area contributed by atoms with Crippen molar-refractivity contribution in [1.29, 1.82) is 0 Å². The lowest BCUT2D eigenvalue weighted by molar-refractivity contribution is -0.153. The summed E-state index contributed by atoms with van der Waals surface area (Å²) < 4.78 is 2.72. The van der Waals surface area contributed by atoms with Gasteiger partial charge in [-0.3, -0.25) is 9.36 Å². The number of nitrogens with one attached hydrogen (secondary N) is 1. The average molecular weight is 473 g/mol. The zero-order valence-electron chi connectivity index (χ0n) is 20.1. The number of likely N-dealkylation sites (tertiary alicyclic amines) is 1. The fourth-order valence-electron chi connectivity index (χ4n) is 5.59. The van der Waals surface area contributed by atoms with Crippen LogP contribution in [0.25, 0.3) is 11.0 Å². The lowest BCUT2D eigenvalue weighted by Gasteiger charge is -2.43. The monoisotopic (exact) mass is 472 g/mol. The van der Waals surface area contributed by atoms with Crippen LogP contribution >= 0.6 is 0 Å². The van der Waals surface area contributed by atoms with E-state index in [9.17, 15) is 24.6 Å². The molecular formula is C25H36N4O5. The van der Waals surface area contributed by atoms with Gasteiger partial charge in [-0.05, 0) is 51.7 Å².